The van der Waals surface area contributed by atoms with Crippen LogP contribution >= 0.6 is 0 Å². The van der Waals surface area contributed by atoms with Crippen LogP contribution in [0.2, 0.25) is 0 Å². The number of benzene rings is 2. The molecule has 1 unspecified atom stereocenters. The fourth-order valence-electron chi connectivity index (χ4n) is 5.61. The zero-order chi connectivity index (χ0) is 30.8. The highest BCUT2D eigenvalue weighted by Gasteiger charge is 2.50. The topological polar surface area (TPSA) is 139 Å². The van der Waals surface area contributed by atoms with Gasteiger partial charge in [0.2, 0.25) is 0 Å². The summed E-state index contributed by atoms with van der Waals surface area (Å²) in [6, 6.07) is 15.4. The number of carbonyl (C=O) groups excluding carboxylic acids is 4. The van der Waals surface area contributed by atoms with Gasteiger partial charge in [-0.15, -0.1) is 0 Å². The maximum atomic E-state index is 13.2. The number of hydrogen-bond donors (Lipinski definition) is 3. The predicted octanol–water partition coefficient (Wildman–Crippen LogP) is 4.08. The Morgan fingerprint density at radius 1 is 1.07 bits per heavy atom. The van der Waals surface area contributed by atoms with Gasteiger partial charge in [0.05, 0.1) is 5.52 Å². The molecule has 3 heterocycles. The number of carbonyl (C=O) groups is 4. The summed E-state index contributed by atoms with van der Waals surface area (Å²) in [5, 5.41) is 8.98. The summed E-state index contributed by atoms with van der Waals surface area (Å²) in [5.41, 5.74) is 1.86. The minimum Gasteiger partial charge on any atom is -0.489 e. The van der Waals surface area contributed by atoms with Crippen LogP contribution in [0, 0.1) is 12.3 Å². The fraction of sp³-hybridized carbons (Fsp3) is 0.406. The van der Waals surface area contributed by atoms with Crippen LogP contribution in [0.1, 0.15) is 55.2 Å². The predicted molar refractivity (Wildman–Crippen MR) is 160 cm³/mol. The third kappa shape index (κ3) is 6.87. The monoisotopic (exact) mass is 587 g/mol. The number of para-hydroxylation sites is 1. The maximum Gasteiger partial charge on any atom is 0.410 e. The highest BCUT2D eigenvalue weighted by Crippen LogP contribution is 2.36. The number of urea groups is 1. The molecule has 0 saturated carbocycles. The van der Waals surface area contributed by atoms with E-state index < -0.39 is 35.1 Å². The molecule has 0 aliphatic carbocycles. The largest absolute Gasteiger partial charge is 0.489 e. The van der Waals surface area contributed by atoms with Crippen molar-refractivity contribution < 1.29 is 28.7 Å². The van der Waals surface area contributed by atoms with E-state index in [1.54, 1.807) is 49.9 Å². The molecule has 43 heavy (non-hydrogen) atoms. The van der Waals surface area contributed by atoms with Crippen molar-refractivity contribution in [3.8, 4) is 5.75 Å². The number of amides is 5. The molecule has 2 aliphatic rings. The van der Waals surface area contributed by atoms with Crippen molar-refractivity contribution in [2.75, 3.05) is 19.6 Å². The van der Waals surface area contributed by atoms with E-state index in [9.17, 15) is 19.2 Å². The van der Waals surface area contributed by atoms with E-state index in [1.807, 2.05) is 37.3 Å². The lowest BCUT2D eigenvalue weighted by Gasteiger charge is -2.44. The van der Waals surface area contributed by atoms with Gasteiger partial charge in [-0.25, -0.2) is 9.59 Å². The van der Waals surface area contributed by atoms with Crippen molar-refractivity contribution in [1.82, 2.24) is 25.8 Å². The first-order valence-corrected chi connectivity index (χ1v) is 14.4. The number of nitrogens with one attached hydrogen (secondary N) is 3. The van der Waals surface area contributed by atoms with E-state index in [1.165, 1.54) is 0 Å². The van der Waals surface area contributed by atoms with Crippen LogP contribution in [0.4, 0.5) is 9.59 Å². The van der Waals surface area contributed by atoms with Crippen LogP contribution in [0.3, 0.4) is 0 Å². The molecule has 0 bridgehead atoms. The van der Waals surface area contributed by atoms with Gasteiger partial charge < -0.3 is 25.0 Å². The Hall–Kier alpha value is -4.67. The molecule has 2 aliphatic heterocycles. The second-order valence-corrected chi connectivity index (χ2v) is 12.2. The first-order valence-electron chi connectivity index (χ1n) is 14.4. The summed E-state index contributed by atoms with van der Waals surface area (Å²) in [7, 11) is 0. The first kappa shape index (κ1) is 29.8. The van der Waals surface area contributed by atoms with Crippen molar-refractivity contribution in [3.63, 3.8) is 0 Å². The van der Waals surface area contributed by atoms with Crippen LogP contribution in [0.25, 0.3) is 10.9 Å². The summed E-state index contributed by atoms with van der Waals surface area (Å²) in [5.74, 6) is -0.143. The standard InChI is InChI=1S/C32H37N5O6/c1-20-17-22(24-7-5-6-8-25(24)34-20)18-42-23-11-9-21(10-12-23)27(38)33-19-32(26-28(39)36-29(40)35-26)13-15-37(16-14-32)30(41)43-31(2,3)4/h5-12,17,26H,13-16,18-19H2,1-4H3,(H,33,38)(H2,35,36,39,40). The number of pyridine rings is 1. The molecule has 11 heteroatoms. The molecule has 2 fully saturated rings. The van der Waals surface area contributed by atoms with Crippen molar-refractivity contribution in [2.24, 2.45) is 5.41 Å². The van der Waals surface area contributed by atoms with Gasteiger partial charge >= 0.3 is 12.1 Å². The Morgan fingerprint density at radius 2 is 1.77 bits per heavy atom. The number of piperidine rings is 1. The minimum absolute atomic E-state index is 0.138. The van der Waals surface area contributed by atoms with Gasteiger partial charge in [-0.3, -0.25) is 19.9 Å². The van der Waals surface area contributed by atoms with Gasteiger partial charge in [0.1, 0.15) is 24.0 Å². The van der Waals surface area contributed by atoms with Gasteiger partial charge in [0, 0.05) is 47.3 Å². The number of rotatable bonds is 7. The quantitative estimate of drug-likeness (QED) is 0.354. The molecule has 5 rings (SSSR count). The molecule has 5 amide bonds. The molecule has 3 N–H and O–H groups in total. The highest BCUT2D eigenvalue weighted by atomic mass is 16.6. The van der Waals surface area contributed by atoms with Gasteiger partial charge in [-0.2, -0.15) is 0 Å². The second-order valence-electron chi connectivity index (χ2n) is 12.2. The fourth-order valence-corrected chi connectivity index (χ4v) is 5.61. The molecule has 11 nitrogen and oxygen atoms in total. The number of aromatic nitrogens is 1. The third-order valence-corrected chi connectivity index (χ3v) is 7.84. The van der Waals surface area contributed by atoms with E-state index in [4.69, 9.17) is 9.47 Å². The molecule has 2 saturated heterocycles. The van der Waals surface area contributed by atoms with Crippen LogP contribution in [0.5, 0.6) is 5.75 Å². The Kier molecular flexibility index (Phi) is 8.25. The van der Waals surface area contributed by atoms with Crippen LogP contribution in [-0.4, -0.2) is 65.1 Å². The van der Waals surface area contributed by atoms with E-state index >= 15 is 0 Å². The SMILES string of the molecule is Cc1cc(COc2ccc(C(=O)NCC3(C4NC(=O)NC4=O)CCN(C(=O)OC(C)(C)C)CC3)cc2)c2ccccc2n1. The Morgan fingerprint density at radius 3 is 2.42 bits per heavy atom. The molecular weight excluding hydrogens is 550 g/mol. The number of aryl methyl sites for hydroxylation is 1. The van der Waals surface area contributed by atoms with Crippen LogP contribution < -0.4 is 20.7 Å². The van der Waals surface area contributed by atoms with E-state index in [0.29, 0.717) is 43.9 Å². The molecule has 226 valence electrons. The Labute approximate surface area is 250 Å². The summed E-state index contributed by atoms with van der Waals surface area (Å²) in [4.78, 5) is 56.6. The summed E-state index contributed by atoms with van der Waals surface area (Å²) in [6.07, 6.45) is 0.349. The number of ether oxygens (including phenoxy) is 2. The summed E-state index contributed by atoms with van der Waals surface area (Å²) < 4.78 is 11.5. The lowest BCUT2D eigenvalue weighted by atomic mass is 9.72. The lowest BCUT2D eigenvalue weighted by molar-refractivity contribution is -0.123. The number of hydrogen-bond acceptors (Lipinski definition) is 7. The average molecular weight is 588 g/mol. The molecule has 3 aromatic rings. The molecule has 1 atom stereocenters. The normalized spacial score (nSPS) is 18.1. The first-order chi connectivity index (χ1) is 20.4. The van der Waals surface area contributed by atoms with Gasteiger partial charge in [-0.1, -0.05) is 18.2 Å². The smallest absolute Gasteiger partial charge is 0.410 e. The second kappa shape index (κ2) is 11.9. The van der Waals surface area contributed by atoms with E-state index in [2.05, 4.69) is 20.9 Å². The van der Waals surface area contributed by atoms with Crippen LogP contribution in [0.15, 0.2) is 54.6 Å². The molecule has 0 spiro atoms. The molecular formula is C32H37N5O6. The maximum absolute atomic E-state index is 13.2. The minimum atomic E-state index is -0.829. The molecule has 1 aromatic heterocycles. The number of nitrogens with zero attached hydrogens (tertiary/aromatic N) is 2. The Balaban J connectivity index is 1.22. The molecule has 0 radical (unpaired) electrons. The zero-order valence-corrected chi connectivity index (χ0v) is 24.9. The number of likely N-dealkylation sites (tertiary alicyclic amines) is 1. The van der Waals surface area contributed by atoms with Crippen molar-refractivity contribution in [2.45, 2.75) is 58.8 Å². The summed E-state index contributed by atoms with van der Waals surface area (Å²) in [6.45, 7) is 8.49. The number of imide groups is 1. The van der Waals surface area contributed by atoms with Crippen molar-refractivity contribution >= 4 is 34.8 Å². The zero-order valence-electron chi connectivity index (χ0n) is 24.9. The third-order valence-electron chi connectivity index (χ3n) is 7.84. The average Bonchev–Trinajstić information content (AvgIpc) is 3.32. The van der Waals surface area contributed by atoms with Crippen molar-refractivity contribution in [1.29, 1.82) is 0 Å². The van der Waals surface area contributed by atoms with E-state index in [0.717, 1.165) is 22.2 Å². The molecule has 2 aromatic carbocycles. The summed E-state index contributed by atoms with van der Waals surface area (Å²) >= 11 is 0. The van der Waals surface area contributed by atoms with Crippen molar-refractivity contribution in [3.05, 3.63) is 71.4 Å². The van der Waals surface area contributed by atoms with Gasteiger partial charge in [0.15, 0.2) is 0 Å². The van der Waals surface area contributed by atoms with Crippen LogP contribution in [-0.2, 0) is 16.1 Å². The van der Waals surface area contributed by atoms with E-state index in [-0.39, 0.29) is 12.5 Å². The van der Waals surface area contributed by atoms with Gasteiger partial charge in [0.25, 0.3) is 11.8 Å². The lowest BCUT2D eigenvalue weighted by Crippen LogP contribution is -2.58. The Bertz CT molecular complexity index is 1540. The van der Waals surface area contributed by atoms with Gasteiger partial charge in [-0.05, 0) is 76.9 Å². The highest BCUT2D eigenvalue weighted by molar-refractivity contribution is 6.04. The number of fused-ring (bicyclic) bond motifs is 1.